The molecule has 0 aliphatic rings. The third-order valence-electron chi connectivity index (χ3n) is 2.55. The molecule has 0 radical (unpaired) electrons. The number of thiophene rings is 1. The number of aromatic nitrogens is 2. The van der Waals surface area contributed by atoms with E-state index in [9.17, 15) is 14.9 Å². The molecule has 3 heterocycles. The molecular formula is C12H7N3O3S2. The van der Waals surface area contributed by atoms with Crippen LogP contribution in [0.4, 0.5) is 5.69 Å². The summed E-state index contributed by atoms with van der Waals surface area (Å²) in [5, 5.41) is 13.1. The van der Waals surface area contributed by atoms with Gasteiger partial charge in [-0.05, 0) is 23.6 Å². The molecule has 3 aromatic rings. The van der Waals surface area contributed by atoms with Crippen LogP contribution in [-0.2, 0) is 0 Å². The number of hydrogen-bond donors (Lipinski definition) is 0. The van der Waals surface area contributed by atoms with Crippen LogP contribution < -0.4 is 5.56 Å². The zero-order valence-electron chi connectivity index (χ0n) is 9.92. The highest BCUT2D eigenvalue weighted by Gasteiger charge is 2.24. The van der Waals surface area contributed by atoms with Crippen LogP contribution in [0, 0.1) is 10.1 Å². The van der Waals surface area contributed by atoms with Gasteiger partial charge in [-0.15, -0.1) is 11.3 Å². The van der Waals surface area contributed by atoms with Crippen LogP contribution in [0.1, 0.15) is 0 Å². The van der Waals surface area contributed by atoms with Crippen molar-refractivity contribution in [2.24, 2.45) is 0 Å². The maximum Gasteiger partial charge on any atom is 0.366 e. The van der Waals surface area contributed by atoms with Crippen molar-refractivity contribution >= 4 is 34.4 Å². The Bertz CT molecular complexity index is 843. The first-order chi connectivity index (χ1) is 9.66. The van der Waals surface area contributed by atoms with Gasteiger partial charge in [0.15, 0.2) is 5.03 Å². The topological polar surface area (TPSA) is 77.5 Å². The van der Waals surface area contributed by atoms with Crippen LogP contribution in [0.3, 0.4) is 0 Å². The third kappa shape index (κ3) is 2.19. The molecule has 0 saturated carbocycles. The summed E-state index contributed by atoms with van der Waals surface area (Å²) in [5.41, 5.74) is -0.770. The van der Waals surface area contributed by atoms with E-state index in [0.717, 1.165) is 16.0 Å². The Labute approximate surface area is 120 Å². The fraction of sp³-hybridized carbons (Fsp3) is 0. The number of nitro groups is 1. The lowest BCUT2D eigenvalue weighted by molar-refractivity contribution is -0.389. The minimum absolute atomic E-state index is 0.119. The van der Waals surface area contributed by atoms with Crippen molar-refractivity contribution < 1.29 is 4.92 Å². The Morgan fingerprint density at radius 3 is 2.85 bits per heavy atom. The van der Waals surface area contributed by atoms with Crippen LogP contribution in [0.5, 0.6) is 0 Å². The second-order valence-electron chi connectivity index (χ2n) is 3.79. The monoisotopic (exact) mass is 305 g/mol. The molecule has 0 saturated heterocycles. The zero-order valence-corrected chi connectivity index (χ0v) is 11.6. The van der Waals surface area contributed by atoms with Crippen LogP contribution in [0.25, 0.3) is 5.65 Å². The van der Waals surface area contributed by atoms with Crippen molar-refractivity contribution in [3.8, 4) is 0 Å². The molecule has 0 bridgehead atoms. The quantitative estimate of drug-likeness (QED) is 0.422. The normalized spacial score (nSPS) is 10.8. The van der Waals surface area contributed by atoms with E-state index in [-0.39, 0.29) is 5.03 Å². The Morgan fingerprint density at radius 1 is 1.30 bits per heavy atom. The van der Waals surface area contributed by atoms with E-state index in [1.54, 1.807) is 18.2 Å². The summed E-state index contributed by atoms with van der Waals surface area (Å²) in [4.78, 5) is 26.9. The van der Waals surface area contributed by atoms with E-state index in [1.807, 2.05) is 17.5 Å². The first kappa shape index (κ1) is 12.8. The number of rotatable bonds is 3. The Hall–Kier alpha value is -2.19. The summed E-state index contributed by atoms with van der Waals surface area (Å²) in [5.74, 6) is 0. The minimum atomic E-state index is -0.676. The van der Waals surface area contributed by atoms with Gasteiger partial charge in [-0.1, -0.05) is 23.9 Å². The van der Waals surface area contributed by atoms with Gasteiger partial charge < -0.3 is 0 Å². The average Bonchev–Trinajstić information content (AvgIpc) is 2.91. The van der Waals surface area contributed by atoms with Gasteiger partial charge in [0.2, 0.25) is 0 Å². The molecule has 0 fully saturated rings. The summed E-state index contributed by atoms with van der Waals surface area (Å²) < 4.78 is 2.02. The molecule has 0 spiro atoms. The van der Waals surface area contributed by atoms with E-state index in [1.165, 1.54) is 21.9 Å². The molecule has 6 nitrogen and oxygen atoms in total. The molecule has 0 aliphatic carbocycles. The molecule has 8 heteroatoms. The summed E-state index contributed by atoms with van der Waals surface area (Å²) in [6.07, 6.45) is 1.47. The summed E-state index contributed by atoms with van der Waals surface area (Å²) >= 11 is 2.57. The van der Waals surface area contributed by atoms with Crippen molar-refractivity contribution in [2.45, 2.75) is 9.24 Å². The minimum Gasteiger partial charge on any atom is -0.262 e. The summed E-state index contributed by atoms with van der Waals surface area (Å²) in [6, 6.07) is 8.67. The highest BCUT2D eigenvalue weighted by Crippen LogP contribution is 2.34. The lowest BCUT2D eigenvalue weighted by atomic mass is 10.4. The number of hydrogen-bond acceptors (Lipinski definition) is 6. The number of fused-ring (bicyclic) bond motifs is 1. The summed E-state index contributed by atoms with van der Waals surface area (Å²) in [6.45, 7) is 0. The zero-order chi connectivity index (χ0) is 14.1. The van der Waals surface area contributed by atoms with Crippen LogP contribution in [-0.4, -0.2) is 14.3 Å². The van der Waals surface area contributed by atoms with Gasteiger partial charge in [-0.3, -0.25) is 19.3 Å². The van der Waals surface area contributed by atoms with Crippen molar-refractivity contribution in [2.75, 3.05) is 0 Å². The maximum absolute atomic E-state index is 12.2. The Kier molecular flexibility index (Phi) is 3.25. The highest BCUT2D eigenvalue weighted by atomic mass is 32.2. The first-order valence-corrected chi connectivity index (χ1v) is 7.23. The van der Waals surface area contributed by atoms with E-state index in [2.05, 4.69) is 4.98 Å². The largest absolute Gasteiger partial charge is 0.366 e. The molecule has 0 aromatic carbocycles. The van der Waals surface area contributed by atoms with Gasteiger partial charge in [0.25, 0.3) is 0 Å². The van der Waals surface area contributed by atoms with Crippen LogP contribution in [0.2, 0.25) is 0 Å². The van der Waals surface area contributed by atoms with Crippen molar-refractivity contribution in [1.82, 2.24) is 9.38 Å². The van der Waals surface area contributed by atoms with Crippen LogP contribution >= 0.6 is 23.1 Å². The standard InChI is InChI=1S/C12H7N3O3S2/c16-12-10(15(17)18)11(20-9-5-3-7-19-9)13-8-4-1-2-6-14(8)12/h1-7H. The molecule has 0 aliphatic heterocycles. The molecular weight excluding hydrogens is 298 g/mol. The molecule has 3 rings (SSSR count). The Balaban J connectivity index is 2.26. The maximum atomic E-state index is 12.2. The third-order valence-corrected chi connectivity index (χ3v) is 4.57. The predicted octanol–water partition coefficient (Wildman–Crippen LogP) is 2.82. The van der Waals surface area contributed by atoms with Crippen molar-refractivity contribution in [3.05, 3.63) is 62.4 Å². The lowest BCUT2D eigenvalue weighted by Crippen LogP contribution is -2.19. The molecule has 0 unspecified atom stereocenters. The van der Waals surface area contributed by atoms with Gasteiger partial charge in [-0.2, -0.15) is 0 Å². The Morgan fingerprint density at radius 2 is 2.15 bits per heavy atom. The lowest BCUT2D eigenvalue weighted by Gasteiger charge is -2.03. The average molecular weight is 305 g/mol. The first-order valence-electron chi connectivity index (χ1n) is 5.54. The van der Waals surface area contributed by atoms with Gasteiger partial charge >= 0.3 is 11.2 Å². The fourth-order valence-electron chi connectivity index (χ4n) is 1.70. The summed E-state index contributed by atoms with van der Waals surface area (Å²) in [7, 11) is 0. The number of nitrogens with zero attached hydrogens (tertiary/aromatic N) is 3. The van der Waals surface area contributed by atoms with Crippen molar-refractivity contribution in [1.29, 1.82) is 0 Å². The molecule has 20 heavy (non-hydrogen) atoms. The predicted molar refractivity (Wildman–Crippen MR) is 76.6 cm³/mol. The molecule has 0 atom stereocenters. The molecule has 100 valence electrons. The van der Waals surface area contributed by atoms with Gasteiger partial charge in [0.1, 0.15) is 5.65 Å². The van der Waals surface area contributed by atoms with Gasteiger partial charge in [-0.25, -0.2) is 4.98 Å². The van der Waals surface area contributed by atoms with Gasteiger partial charge in [0.05, 0.1) is 9.13 Å². The van der Waals surface area contributed by atoms with E-state index in [0.29, 0.717) is 5.65 Å². The number of pyridine rings is 1. The van der Waals surface area contributed by atoms with Gasteiger partial charge in [0, 0.05) is 6.20 Å². The second-order valence-corrected chi connectivity index (χ2v) is 6.03. The highest BCUT2D eigenvalue weighted by molar-refractivity contribution is 8.01. The second kappa shape index (κ2) is 5.06. The fourth-order valence-corrected chi connectivity index (χ4v) is 3.48. The van der Waals surface area contributed by atoms with Crippen molar-refractivity contribution in [3.63, 3.8) is 0 Å². The van der Waals surface area contributed by atoms with E-state index < -0.39 is 16.2 Å². The smallest absolute Gasteiger partial charge is 0.262 e. The molecule has 0 N–H and O–H groups in total. The van der Waals surface area contributed by atoms with E-state index in [4.69, 9.17) is 0 Å². The van der Waals surface area contributed by atoms with E-state index >= 15 is 0 Å². The SMILES string of the molecule is O=c1c([N+](=O)[O-])c(Sc2cccs2)nc2ccccn12. The van der Waals surface area contributed by atoms with Crippen LogP contribution in [0.15, 0.2) is 55.9 Å². The molecule has 3 aromatic heterocycles. The molecule has 0 amide bonds.